The molecule has 0 radical (unpaired) electrons. The Kier molecular flexibility index (Phi) is 6.19. The summed E-state index contributed by atoms with van der Waals surface area (Å²) < 4.78 is 5.07. The molecule has 0 fully saturated rings. The second kappa shape index (κ2) is 8.97. The van der Waals surface area contributed by atoms with E-state index >= 15 is 0 Å². The molecule has 29 heavy (non-hydrogen) atoms. The molecule has 0 aliphatic rings. The van der Waals surface area contributed by atoms with Crippen LogP contribution in [-0.4, -0.2) is 24.3 Å². The van der Waals surface area contributed by atoms with Crippen LogP contribution in [0, 0.1) is 13.8 Å². The van der Waals surface area contributed by atoms with Crippen molar-refractivity contribution in [2.45, 2.75) is 13.8 Å². The van der Waals surface area contributed by atoms with Crippen molar-refractivity contribution in [2.75, 3.05) is 11.9 Å². The van der Waals surface area contributed by atoms with Gasteiger partial charge in [-0.05, 0) is 49.2 Å². The minimum absolute atomic E-state index is 0.127. The predicted molar refractivity (Wildman–Crippen MR) is 111 cm³/mol. The van der Waals surface area contributed by atoms with Crippen LogP contribution >= 0.6 is 0 Å². The fourth-order valence-corrected chi connectivity index (χ4v) is 2.74. The maximum atomic E-state index is 12.4. The molecule has 0 atom stereocenters. The Bertz CT molecular complexity index is 1040. The summed E-state index contributed by atoms with van der Waals surface area (Å²) in [6.45, 7) is 3.55. The van der Waals surface area contributed by atoms with Gasteiger partial charge in [-0.1, -0.05) is 48.5 Å². The molecule has 146 valence electrons. The Labute approximate surface area is 169 Å². The minimum atomic E-state index is -0.626. The molecule has 0 aliphatic carbocycles. The van der Waals surface area contributed by atoms with Crippen LogP contribution in [0.15, 0.2) is 72.8 Å². The van der Waals surface area contributed by atoms with Gasteiger partial charge in [-0.2, -0.15) is 0 Å². The first-order valence-electron chi connectivity index (χ1n) is 9.18. The molecule has 0 spiro atoms. The molecular formula is C24H21NO4. The number of hydrogen-bond acceptors (Lipinski definition) is 4. The van der Waals surface area contributed by atoms with Crippen LogP contribution in [0.3, 0.4) is 0 Å². The number of rotatable bonds is 6. The number of nitrogens with one attached hydrogen (secondary N) is 1. The molecule has 1 N–H and O–H groups in total. The highest BCUT2D eigenvalue weighted by atomic mass is 16.5. The van der Waals surface area contributed by atoms with Gasteiger partial charge in [0, 0.05) is 16.8 Å². The summed E-state index contributed by atoms with van der Waals surface area (Å²) in [5, 5.41) is 2.70. The van der Waals surface area contributed by atoms with Crippen molar-refractivity contribution in [1.82, 2.24) is 0 Å². The number of anilines is 1. The van der Waals surface area contributed by atoms with E-state index in [4.69, 9.17) is 4.74 Å². The second-order valence-electron chi connectivity index (χ2n) is 6.70. The molecule has 0 saturated carbocycles. The number of carbonyl (C=O) groups excluding carboxylic acids is 3. The molecule has 5 nitrogen and oxygen atoms in total. The van der Waals surface area contributed by atoms with Crippen molar-refractivity contribution in [2.24, 2.45) is 0 Å². The Morgan fingerprint density at radius 2 is 1.38 bits per heavy atom. The SMILES string of the molecule is Cc1ccc(NC(=O)COC(=O)c2ccc(C(=O)c3ccccc3)cc2)cc1C. The standard InChI is InChI=1S/C24H21NO4/c1-16-8-13-21(14-17(16)2)25-22(26)15-29-24(28)20-11-9-19(10-12-20)23(27)18-6-4-3-5-7-18/h3-14H,15H2,1-2H3,(H,25,26). The van der Waals surface area contributed by atoms with Gasteiger partial charge in [0.05, 0.1) is 5.56 Å². The molecule has 0 aliphatic heterocycles. The summed E-state index contributed by atoms with van der Waals surface area (Å²) in [6, 6.07) is 20.6. The maximum Gasteiger partial charge on any atom is 0.338 e. The van der Waals surface area contributed by atoms with E-state index in [1.807, 2.05) is 32.0 Å². The summed E-state index contributed by atoms with van der Waals surface area (Å²) in [6.07, 6.45) is 0. The van der Waals surface area contributed by atoms with E-state index in [1.165, 1.54) is 12.1 Å². The monoisotopic (exact) mass is 387 g/mol. The van der Waals surface area contributed by atoms with Crippen molar-refractivity contribution in [3.05, 3.63) is 101 Å². The molecule has 3 rings (SSSR count). The summed E-state index contributed by atoms with van der Waals surface area (Å²) in [4.78, 5) is 36.6. The molecule has 1 amide bonds. The fraction of sp³-hybridized carbons (Fsp3) is 0.125. The lowest BCUT2D eigenvalue weighted by Gasteiger charge is -2.09. The van der Waals surface area contributed by atoms with E-state index in [1.54, 1.807) is 42.5 Å². The van der Waals surface area contributed by atoms with E-state index < -0.39 is 18.5 Å². The zero-order chi connectivity index (χ0) is 20.8. The van der Waals surface area contributed by atoms with E-state index in [2.05, 4.69) is 5.32 Å². The third-order valence-corrected chi connectivity index (χ3v) is 4.54. The number of carbonyl (C=O) groups is 3. The first-order valence-corrected chi connectivity index (χ1v) is 9.18. The minimum Gasteiger partial charge on any atom is -0.452 e. The van der Waals surface area contributed by atoms with Gasteiger partial charge >= 0.3 is 5.97 Å². The van der Waals surface area contributed by atoms with Gasteiger partial charge in [-0.15, -0.1) is 0 Å². The highest BCUT2D eigenvalue weighted by molar-refractivity contribution is 6.09. The van der Waals surface area contributed by atoms with Gasteiger partial charge in [-0.3, -0.25) is 9.59 Å². The number of ether oxygens (including phenoxy) is 1. The maximum absolute atomic E-state index is 12.4. The van der Waals surface area contributed by atoms with Gasteiger partial charge in [0.25, 0.3) is 5.91 Å². The van der Waals surface area contributed by atoms with Crippen LogP contribution < -0.4 is 5.32 Å². The second-order valence-corrected chi connectivity index (χ2v) is 6.70. The average molecular weight is 387 g/mol. The molecule has 3 aromatic rings. The first kappa shape index (κ1) is 20.0. The zero-order valence-corrected chi connectivity index (χ0v) is 16.3. The quantitative estimate of drug-likeness (QED) is 0.505. The van der Waals surface area contributed by atoms with Crippen LogP contribution in [0.2, 0.25) is 0 Å². The van der Waals surface area contributed by atoms with E-state index in [0.717, 1.165) is 11.1 Å². The van der Waals surface area contributed by atoms with E-state index in [0.29, 0.717) is 16.8 Å². The van der Waals surface area contributed by atoms with Gasteiger partial charge in [0.2, 0.25) is 0 Å². The number of aryl methyl sites for hydroxylation is 2. The van der Waals surface area contributed by atoms with Gasteiger partial charge in [0.1, 0.15) is 0 Å². The number of amides is 1. The van der Waals surface area contributed by atoms with Crippen LogP contribution in [0.25, 0.3) is 0 Å². The molecule has 0 heterocycles. The Morgan fingerprint density at radius 3 is 2.03 bits per heavy atom. The van der Waals surface area contributed by atoms with Gasteiger partial charge < -0.3 is 10.1 Å². The zero-order valence-electron chi connectivity index (χ0n) is 16.3. The van der Waals surface area contributed by atoms with Crippen LogP contribution in [0.5, 0.6) is 0 Å². The highest BCUT2D eigenvalue weighted by Crippen LogP contribution is 2.14. The van der Waals surface area contributed by atoms with Crippen molar-refractivity contribution in [3.63, 3.8) is 0 Å². The van der Waals surface area contributed by atoms with Crippen LogP contribution in [0.1, 0.15) is 37.4 Å². The molecule has 0 aromatic heterocycles. The van der Waals surface area contributed by atoms with E-state index in [9.17, 15) is 14.4 Å². The molecule has 0 saturated heterocycles. The lowest BCUT2D eigenvalue weighted by molar-refractivity contribution is -0.119. The van der Waals surface area contributed by atoms with E-state index in [-0.39, 0.29) is 11.3 Å². The van der Waals surface area contributed by atoms with Crippen molar-refractivity contribution in [1.29, 1.82) is 0 Å². The lowest BCUT2D eigenvalue weighted by atomic mass is 10.0. The van der Waals surface area contributed by atoms with Gasteiger partial charge in [-0.25, -0.2) is 4.79 Å². The predicted octanol–water partition coefficient (Wildman–Crippen LogP) is 4.33. The number of ketones is 1. The summed E-state index contributed by atoms with van der Waals surface area (Å²) in [5.74, 6) is -1.17. The van der Waals surface area contributed by atoms with Crippen molar-refractivity contribution in [3.8, 4) is 0 Å². The Hall–Kier alpha value is -3.73. The largest absolute Gasteiger partial charge is 0.452 e. The molecule has 0 unspecified atom stereocenters. The fourth-order valence-electron chi connectivity index (χ4n) is 2.74. The summed E-state index contributed by atoms with van der Waals surface area (Å²) in [5.41, 5.74) is 4.16. The third-order valence-electron chi connectivity index (χ3n) is 4.54. The van der Waals surface area contributed by atoms with Gasteiger partial charge in [0.15, 0.2) is 12.4 Å². The van der Waals surface area contributed by atoms with Crippen LogP contribution in [-0.2, 0) is 9.53 Å². The average Bonchev–Trinajstić information content (AvgIpc) is 2.75. The smallest absolute Gasteiger partial charge is 0.338 e. The lowest BCUT2D eigenvalue weighted by Crippen LogP contribution is -2.21. The first-order chi connectivity index (χ1) is 13.9. The van der Waals surface area contributed by atoms with Crippen LogP contribution in [0.4, 0.5) is 5.69 Å². The van der Waals surface area contributed by atoms with Crippen molar-refractivity contribution < 1.29 is 19.1 Å². The number of esters is 1. The summed E-state index contributed by atoms with van der Waals surface area (Å²) >= 11 is 0. The molecule has 5 heteroatoms. The molecule has 0 bridgehead atoms. The number of hydrogen-bond donors (Lipinski definition) is 1. The topological polar surface area (TPSA) is 72.5 Å². The Morgan fingerprint density at radius 1 is 0.759 bits per heavy atom. The molecular weight excluding hydrogens is 366 g/mol. The number of benzene rings is 3. The molecule has 3 aromatic carbocycles. The Balaban J connectivity index is 1.56. The highest BCUT2D eigenvalue weighted by Gasteiger charge is 2.13. The summed E-state index contributed by atoms with van der Waals surface area (Å²) in [7, 11) is 0. The normalized spacial score (nSPS) is 10.3. The van der Waals surface area contributed by atoms with Crippen molar-refractivity contribution >= 4 is 23.3 Å². The third kappa shape index (κ3) is 5.17.